The standard InChI is InChI=1S/C20H26N4O2S/c1-3-21-18(25)13-23-8-10-24(11-9-23)19(26)12-17-14-27-20(22-17)16-6-4-15(2)5-7-16/h4-7,14H,3,8-13H2,1-2H3,(H,21,25). The number of carbonyl (C=O) groups excluding carboxylic acids is 2. The summed E-state index contributed by atoms with van der Waals surface area (Å²) >= 11 is 1.57. The molecule has 0 saturated carbocycles. The van der Waals surface area contributed by atoms with Gasteiger partial charge in [0.25, 0.3) is 0 Å². The van der Waals surface area contributed by atoms with Crippen LogP contribution in [0, 0.1) is 6.92 Å². The molecule has 6 nitrogen and oxygen atoms in total. The Morgan fingerprint density at radius 3 is 2.52 bits per heavy atom. The molecule has 1 aromatic heterocycles. The number of aromatic nitrogens is 1. The molecular weight excluding hydrogens is 360 g/mol. The molecule has 0 bridgehead atoms. The molecule has 1 saturated heterocycles. The Kier molecular flexibility index (Phi) is 6.58. The molecule has 1 aliphatic heterocycles. The second-order valence-electron chi connectivity index (χ2n) is 6.80. The van der Waals surface area contributed by atoms with Gasteiger partial charge in [0, 0.05) is 43.7 Å². The second-order valence-corrected chi connectivity index (χ2v) is 7.66. The van der Waals surface area contributed by atoms with E-state index < -0.39 is 0 Å². The zero-order valence-electron chi connectivity index (χ0n) is 15.9. The van der Waals surface area contributed by atoms with Crippen molar-refractivity contribution in [3.63, 3.8) is 0 Å². The zero-order valence-corrected chi connectivity index (χ0v) is 16.7. The lowest BCUT2D eigenvalue weighted by molar-refractivity contribution is -0.132. The van der Waals surface area contributed by atoms with Gasteiger partial charge in [0.05, 0.1) is 18.7 Å². The van der Waals surface area contributed by atoms with Gasteiger partial charge in [-0.3, -0.25) is 14.5 Å². The predicted molar refractivity (Wildman–Crippen MR) is 108 cm³/mol. The first-order chi connectivity index (χ1) is 13.0. The number of nitrogens with zero attached hydrogens (tertiary/aromatic N) is 3. The number of likely N-dealkylation sites (N-methyl/N-ethyl adjacent to an activating group) is 1. The molecule has 144 valence electrons. The molecular formula is C20H26N4O2S. The fourth-order valence-electron chi connectivity index (χ4n) is 3.10. The average molecular weight is 387 g/mol. The van der Waals surface area contributed by atoms with Gasteiger partial charge in [0.15, 0.2) is 0 Å². The summed E-state index contributed by atoms with van der Waals surface area (Å²) in [5, 5.41) is 5.73. The molecule has 2 aromatic rings. The number of hydrogen-bond acceptors (Lipinski definition) is 5. The summed E-state index contributed by atoms with van der Waals surface area (Å²) in [5.74, 6) is 0.150. The molecule has 2 heterocycles. The van der Waals surface area contributed by atoms with Crippen molar-refractivity contribution in [1.82, 2.24) is 20.1 Å². The molecule has 0 unspecified atom stereocenters. The van der Waals surface area contributed by atoms with E-state index in [1.54, 1.807) is 11.3 Å². The Balaban J connectivity index is 1.50. The normalized spacial score (nSPS) is 15.0. The summed E-state index contributed by atoms with van der Waals surface area (Å²) in [5.41, 5.74) is 3.13. The van der Waals surface area contributed by atoms with Gasteiger partial charge in [0.2, 0.25) is 11.8 Å². The summed E-state index contributed by atoms with van der Waals surface area (Å²) in [6, 6.07) is 8.27. The van der Waals surface area contributed by atoms with Crippen molar-refractivity contribution in [1.29, 1.82) is 0 Å². The maximum atomic E-state index is 12.6. The number of thiazole rings is 1. The smallest absolute Gasteiger partial charge is 0.234 e. The molecule has 2 amide bonds. The highest BCUT2D eigenvalue weighted by Crippen LogP contribution is 2.24. The maximum Gasteiger partial charge on any atom is 0.234 e. The van der Waals surface area contributed by atoms with Crippen molar-refractivity contribution in [3.05, 3.63) is 40.9 Å². The number of hydrogen-bond donors (Lipinski definition) is 1. The molecule has 27 heavy (non-hydrogen) atoms. The average Bonchev–Trinajstić information content (AvgIpc) is 3.11. The number of rotatable bonds is 6. The first-order valence-corrected chi connectivity index (χ1v) is 10.2. The van der Waals surface area contributed by atoms with Crippen LogP contribution < -0.4 is 5.32 Å². The minimum Gasteiger partial charge on any atom is -0.355 e. The first-order valence-electron chi connectivity index (χ1n) is 9.33. The molecule has 1 N–H and O–H groups in total. The van der Waals surface area contributed by atoms with Crippen LogP contribution in [0.3, 0.4) is 0 Å². The van der Waals surface area contributed by atoms with Crippen LogP contribution >= 0.6 is 11.3 Å². The Bertz CT molecular complexity index is 780. The topological polar surface area (TPSA) is 65.5 Å². The highest BCUT2D eigenvalue weighted by molar-refractivity contribution is 7.13. The summed E-state index contributed by atoms with van der Waals surface area (Å²) in [4.78, 5) is 32.8. The van der Waals surface area contributed by atoms with E-state index in [9.17, 15) is 9.59 Å². The third-order valence-corrected chi connectivity index (χ3v) is 5.59. The van der Waals surface area contributed by atoms with Crippen molar-refractivity contribution in [3.8, 4) is 10.6 Å². The van der Waals surface area contributed by atoms with Crippen LogP contribution in [-0.4, -0.2) is 65.9 Å². The molecule has 0 aliphatic carbocycles. The lowest BCUT2D eigenvalue weighted by Gasteiger charge is -2.34. The monoisotopic (exact) mass is 386 g/mol. The number of piperazine rings is 1. The third-order valence-electron chi connectivity index (χ3n) is 4.65. The van der Waals surface area contributed by atoms with Crippen LogP contribution in [-0.2, 0) is 16.0 Å². The number of nitrogens with one attached hydrogen (secondary N) is 1. The quantitative estimate of drug-likeness (QED) is 0.824. The van der Waals surface area contributed by atoms with E-state index >= 15 is 0 Å². The molecule has 1 aromatic carbocycles. The fraction of sp³-hybridized carbons (Fsp3) is 0.450. The largest absolute Gasteiger partial charge is 0.355 e. The molecule has 1 fully saturated rings. The van der Waals surface area contributed by atoms with E-state index in [1.165, 1.54) is 5.56 Å². The van der Waals surface area contributed by atoms with E-state index in [2.05, 4.69) is 46.4 Å². The van der Waals surface area contributed by atoms with E-state index in [4.69, 9.17) is 0 Å². The highest BCUT2D eigenvalue weighted by atomic mass is 32.1. The van der Waals surface area contributed by atoms with E-state index in [0.29, 0.717) is 32.6 Å². The van der Waals surface area contributed by atoms with Crippen molar-refractivity contribution in [2.24, 2.45) is 0 Å². The SMILES string of the molecule is CCNC(=O)CN1CCN(C(=O)Cc2csc(-c3ccc(C)cc3)n2)CC1. The van der Waals surface area contributed by atoms with Crippen LogP contribution in [0.15, 0.2) is 29.6 Å². The number of benzene rings is 1. The van der Waals surface area contributed by atoms with Crippen LogP contribution in [0.4, 0.5) is 0 Å². The van der Waals surface area contributed by atoms with Crippen molar-refractivity contribution in [2.75, 3.05) is 39.3 Å². The summed E-state index contributed by atoms with van der Waals surface area (Å²) < 4.78 is 0. The molecule has 0 radical (unpaired) electrons. The van der Waals surface area contributed by atoms with Crippen molar-refractivity contribution in [2.45, 2.75) is 20.3 Å². The van der Waals surface area contributed by atoms with Gasteiger partial charge in [-0.2, -0.15) is 0 Å². The Labute approximate surface area is 164 Å². The summed E-state index contributed by atoms with van der Waals surface area (Å²) in [7, 11) is 0. The summed E-state index contributed by atoms with van der Waals surface area (Å²) in [6.45, 7) is 7.81. The predicted octanol–water partition coefficient (Wildman–Crippen LogP) is 1.94. The van der Waals surface area contributed by atoms with Crippen molar-refractivity contribution >= 4 is 23.2 Å². The zero-order chi connectivity index (χ0) is 19.2. The third kappa shape index (κ3) is 5.37. The van der Waals surface area contributed by atoms with Gasteiger partial charge in [-0.05, 0) is 13.8 Å². The Morgan fingerprint density at radius 2 is 1.85 bits per heavy atom. The minimum atomic E-state index is 0.0448. The number of carbonyl (C=O) groups is 2. The van der Waals surface area contributed by atoms with Gasteiger partial charge in [-0.15, -0.1) is 11.3 Å². The Hall–Kier alpha value is -2.25. The number of aryl methyl sites for hydroxylation is 1. The fourth-order valence-corrected chi connectivity index (χ4v) is 3.92. The second kappa shape index (κ2) is 9.10. The molecule has 0 atom stereocenters. The van der Waals surface area contributed by atoms with Crippen LogP contribution in [0.25, 0.3) is 10.6 Å². The van der Waals surface area contributed by atoms with Crippen LogP contribution in [0.2, 0.25) is 0 Å². The molecule has 3 rings (SSSR count). The number of amides is 2. The first kappa shape index (κ1) is 19.5. The highest BCUT2D eigenvalue weighted by Gasteiger charge is 2.23. The van der Waals surface area contributed by atoms with Crippen molar-refractivity contribution < 1.29 is 9.59 Å². The van der Waals surface area contributed by atoms with Gasteiger partial charge in [-0.25, -0.2) is 4.98 Å². The molecule has 7 heteroatoms. The van der Waals surface area contributed by atoms with E-state index in [1.807, 2.05) is 17.2 Å². The van der Waals surface area contributed by atoms with E-state index in [-0.39, 0.29) is 11.8 Å². The van der Waals surface area contributed by atoms with Gasteiger partial charge in [-0.1, -0.05) is 29.8 Å². The maximum absolute atomic E-state index is 12.6. The van der Waals surface area contributed by atoms with Gasteiger partial charge >= 0.3 is 0 Å². The van der Waals surface area contributed by atoms with Crippen LogP contribution in [0.1, 0.15) is 18.2 Å². The molecule has 1 aliphatic rings. The van der Waals surface area contributed by atoms with Gasteiger partial charge in [0.1, 0.15) is 5.01 Å². The Morgan fingerprint density at radius 1 is 1.15 bits per heavy atom. The lowest BCUT2D eigenvalue weighted by Crippen LogP contribution is -2.51. The van der Waals surface area contributed by atoms with E-state index in [0.717, 1.165) is 29.4 Å². The lowest BCUT2D eigenvalue weighted by atomic mass is 10.2. The summed E-state index contributed by atoms with van der Waals surface area (Å²) in [6.07, 6.45) is 0.332. The minimum absolute atomic E-state index is 0.0448. The van der Waals surface area contributed by atoms with Crippen LogP contribution in [0.5, 0.6) is 0 Å². The van der Waals surface area contributed by atoms with Gasteiger partial charge < -0.3 is 10.2 Å². The molecule has 0 spiro atoms.